The summed E-state index contributed by atoms with van der Waals surface area (Å²) in [5.74, 6) is 0.0964. The Bertz CT molecular complexity index is 748. The van der Waals surface area contributed by atoms with Gasteiger partial charge in [0.25, 0.3) is 5.91 Å². The number of aryl methyl sites for hydroxylation is 1. The van der Waals surface area contributed by atoms with Crippen LogP contribution < -0.4 is 0 Å². The lowest BCUT2D eigenvalue weighted by molar-refractivity contribution is 0.0521. The van der Waals surface area contributed by atoms with Crippen molar-refractivity contribution in [1.29, 1.82) is 0 Å². The van der Waals surface area contributed by atoms with Crippen molar-refractivity contribution in [2.45, 2.75) is 32.7 Å². The van der Waals surface area contributed by atoms with E-state index < -0.39 is 0 Å². The quantitative estimate of drug-likeness (QED) is 0.848. The molecule has 0 unspecified atom stereocenters. The van der Waals surface area contributed by atoms with Gasteiger partial charge in [-0.1, -0.05) is 6.07 Å². The number of likely N-dealkylation sites (tertiary alicyclic amines) is 2. The average Bonchev–Trinajstić information content (AvgIpc) is 3.25. The second-order valence-electron chi connectivity index (χ2n) is 7.43. The molecule has 4 heterocycles. The molecule has 25 heavy (non-hydrogen) atoms. The number of nitrogens with zero attached hydrogens (tertiary/aromatic N) is 4. The third-order valence-corrected chi connectivity index (χ3v) is 6.04. The van der Waals surface area contributed by atoms with E-state index in [2.05, 4.69) is 27.0 Å². The number of pyridine rings is 1. The van der Waals surface area contributed by atoms with E-state index in [0.29, 0.717) is 5.69 Å². The first kappa shape index (κ1) is 16.7. The first-order chi connectivity index (χ1) is 12.1. The predicted octanol–water partition coefficient (Wildman–Crippen LogP) is 2.97. The largest absolute Gasteiger partial charge is 0.337 e. The highest BCUT2D eigenvalue weighted by molar-refractivity contribution is 7.07. The van der Waals surface area contributed by atoms with Crippen LogP contribution in [0, 0.1) is 12.3 Å². The Kier molecular flexibility index (Phi) is 4.56. The van der Waals surface area contributed by atoms with Gasteiger partial charge < -0.3 is 4.90 Å². The molecule has 1 amide bonds. The van der Waals surface area contributed by atoms with Crippen LogP contribution in [0.2, 0.25) is 0 Å². The molecule has 1 spiro atoms. The van der Waals surface area contributed by atoms with E-state index in [1.165, 1.54) is 24.2 Å². The Balaban J connectivity index is 1.41. The standard InChI is InChI=1S/C19H24N4OS/c1-15-4-2-5-16(21-15)10-22-9-7-19(12-22)6-3-8-23(13-19)18(24)17-11-25-14-20-17/h2,4-5,11,14H,3,6-10,12-13H2,1H3/t19-/m0/s1. The van der Waals surface area contributed by atoms with E-state index in [4.69, 9.17) is 0 Å². The van der Waals surface area contributed by atoms with Crippen LogP contribution in [0.4, 0.5) is 0 Å². The Hall–Kier alpha value is -1.79. The van der Waals surface area contributed by atoms with Crippen molar-refractivity contribution < 1.29 is 4.79 Å². The van der Waals surface area contributed by atoms with Crippen molar-refractivity contribution in [2.75, 3.05) is 26.2 Å². The Labute approximate surface area is 152 Å². The first-order valence-corrected chi connectivity index (χ1v) is 9.90. The van der Waals surface area contributed by atoms with E-state index in [9.17, 15) is 4.79 Å². The van der Waals surface area contributed by atoms with Gasteiger partial charge in [0, 0.05) is 42.7 Å². The van der Waals surface area contributed by atoms with E-state index in [1.54, 1.807) is 5.51 Å². The molecule has 132 valence electrons. The van der Waals surface area contributed by atoms with Crippen molar-refractivity contribution in [1.82, 2.24) is 19.8 Å². The van der Waals surface area contributed by atoms with Crippen molar-refractivity contribution in [3.63, 3.8) is 0 Å². The number of hydrogen-bond donors (Lipinski definition) is 0. The number of thiazole rings is 1. The fourth-order valence-corrected chi connectivity index (χ4v) is 4.80. The number of hydrogen-bond acceptors (Lipinski definition) is 5. The zero-order chi connectivity index (χ0) is 17.3. The fourth-order valence-electron chi connectivity index (χ4n) is 4.27. The van der Waals surface area contributed by atoms with Crippen LogP contribution in [0.1, 0.15) is 41.1 Å². The molecule has 0 radical (unpaired) electrons. The molecule has 2 aliphatic heterocycles. The van der Waals surface area contributed by atoms with Crippen LogP contribution in [0.15, 0.2) is 29.1 Å². The highest BCUT2D eigenvalue weighted by Crippen LogP contribution is 2.39. The highest BCUT2D eigenvalue weighted by Gasteiger charge is 2.42. The second kappa shape index (κ2) is 6.84. The SMILES string of the molecule is Cc1cccc(CN2CC[C@@]3(CCCN(C(=O)c4cscn4)C3)C2)n1. The lowest BCUT2D eigenvalue weighted by Gasteiger charge is -2.40. The average molecular weight is 356 g/mol. The van der Waals surface area contributed by atoms with Gasteiger partial charge in [-0.15, -0.1) is 11.3 Å². The molecular weight excluding hydrogens is 332 g/mol. The van der Waals surface area contributed by atoms with Gasteiger partial charge in [-0.3, -0.25) is 14.7 Å². The second-order valence-corrected chi connectivity index (χ2v) is 8.15. The van der Waals surface area contributed by atoms with E-state index in [0.717, 1.165) is 50.5 Å². The van der Waals surface area contributed by atoms with Crippen LogP contribution in [0.3, 0.4) is 0 Å². The van der Waals surface area contributed by atoms with Gasteiger partial charge in [0.2, 0.25) is 0 Å². The molecule has 0 saturated carbocycles. The summed E-state index contributed by atoms with van der Waals surface area (Å²) in [6, 6.07) is 6.23. The maximum Gasteiger partial charge on any atom is 0.273 e. The molecule has 4 rings (SSSR count). The molecule has 2 aliphatic rings. The van der Waals surface area contributed by atoms with Gasteiger partial charge in [-0.2, -0.15) is 0 Å². The third kappa shape index (κ3) is 3.60. The third-order valence-electron chi connectivity index (χ3n) is 5.45. The summed E-state index contributed by atoms with van der Waals surface area (Å²) in [6.45, 7) is 6.82. The maximum atomic E-state index is 12.7. The molecule has 0 aromatic carbocycles. The summed E-state index contributed by atoms with van der Waals surface area (Å²) in [6.07, 6.45) is 3.47. The number of carbonyl (C=O) groups excluding carboxylic acids is 1. The molecule has 2 aromatic rings. The summed E-state index contributed by atoms with van der Waals surface area (Å²) in [5, 5.41) is 1.86. The minimum Gasteiger partial charge on any atom is -0.337 e. The highest BCUT2D eigenvalue weighted by atomic mass is 32.1. The van der Waals surface area contributed by atoms with Gasteiger partial charge >= 0.3 is 0 Å². The number of aromatic nitrogens is 2. The molecule has 2 aromatic heterocycles. The number of piperidine rings is 1. The number of amides is 1. The normalized spacial score (nSPS) is 24.1. The van der Waals surface area contributed by atoms with Crippen molar-refractivity contribution in [3.05, 3.63) is 46.2 Å². The van der Waals surface area contributed by atoms with Crippen LogP contribution in [0.25, 0.3) is 0 Å². The van der Waals surface area contributed by atoms with Crippen molar-refractivity contribution in [3.8, 4) is 0 Å². The molecule has 0 aliphatic carbocycles. The number of carbonyl (C=O) groups is 1. The van der Waals surface area contributed by atoms with Gasteiger partial charge in [0.1, 0.15) is 5.69 Å². The zero-order valence-corrected chi connectivity index (χ0v) is 15.5. The molecular formula is C19H24N4OS. The minimum absolute atomic E-state index is 0.0964. The summed E-state index contributed by atoms with van der Waals surface area (Å²) in [7, 11) is 0. The summed E-state index contributed by atoms with van der Waals surface area (Å²) in [4.78, 5) is 26.0. The van der Waals surface area contributed by atoms with Gasteiger partial charge in [0.05, 0.1) is 11.2 Å². The maximum absolute atomic E-state index is 12.7. The summed E-state index contributed by atoms with van der Waals surface area (Å²) in [5.41, 5.74) is 4.79. The van der Waals surface area contributed by atoms with Crippen LogP contribution >= 0.6 is 11.3 Å². The summed E-state index contributed by atoms with van der Waals surface area (Å²) < 4.78 is 0. The van der Waals surface area contributed by atoms with Crippen molar-refractivity contribution in [2.24, 2.45) is 5.41 Å². The van der Waals surface area contributed by atoms with Gasteiger partial charge in [-0.05, 0) is 44.9 Å². The predicted molar refractivity (Wildman–Crippen MR) is 98.6 cm³/mol. The molecule has 5 nitrogen and oxygen atoms in total. The Morgan fingerprint density at radius 1 is 1.28 bits per heavy atom. The summed E-state index contributed by atoms with van der Waals surface area (Å²) >= 11 is 1.48. The van der Waals surface area contributed by atoms with Crippen LogP contribution in [-0.4, -0.2) is 51.9 Å². The Morgan fingerprint density at radius 3 is 3.00 bits per heavy atom. The first-order valence-electron chi connectivity index (χ1n) is 8.96. The lowest BCUT2D eigenvalue weighted by Crippen LogP contribution is -2.47. The molecule has 2 saturated heterocycles. The van der Waals surface area contributed by atoms with Gasteiger partial charge in [-0.25, -0.2) is 4.98 Å². The minimum atomic E-state index is 0.0964. The Morgan fingerprint density at radius 2 is 2.20 bits per heavy atom. The molecule has 6 heteroatoms. The smallest absolute Gasteiger partial charge is 0.273 e. The lowest BCUT2D eigenvalue weighted by atomic mass is 9.79. The van der Waals surface area contributed by atoms with E-state index in [1.807, 2.05) is 23.3 Å². The topological polar surface area (TPSA) is 49.3 Å². The van der Waals surface area contributed by atoms with Crippen LogP contribution in [0.5, 0.6) is 0 Å². The monoisotopic (exact) mass is 356 g/mol. The van der Waals surface area contributed by atoms with Gasteiger partial charge in [0.15, 0.2) is 0 Å². The molecule has 2 fully saturated rings. The van der Waals surface area contributed by atoms with E-state index >= 15 is 0 Å². The van der Waals surface area contributed by atoms with Crippen LogP contribution in [-0.2, 0) is 6.54 Å². The molecule has 0 bridgehead atoms. The number of rotatable bonds is 3. The molecule has 0 N–H and O–H groups in total. The van der Waals surface area contributed by atoms with E-state index in [-0.39, 0.29) is 11.3 Å². The zero-order valence-electron chi connectivity index (χ0n) is 14.6. The van der Waals surface area contributed by atoms with Crippen molar-refractivity contribution >= 4 is 17.2 Å². The fraction of sp³-hybridized carbons (Fsp3) is 0.526. The molecule has 1 atom stereocenters.